The Kier molecular flexibility index (Phi) is 7.86. The van der Waals surface area contributed by atoms with Crippen LogP contribution in [-0.2, 0) is 13.1 Å². The van der Waals surface area contributed by atoms with Crippen LogP contribution in [0.2, 0.25) is 0 Å². The number of halogens is 1. The molecule has 2 aromatic carbocycles. The number of hydrogen-bond acceptors (Lipinski definition) is 3. The van der Waals surface area contributed by atoms with Gasteiger partial charge in [-0.05, 0) is 30.7 Å². The van der Waals surface area contributed by atoms with Crippen LogP contribution in [0.3, 0.4) is 0 Å². The number of aliphatic imine (C=N–C) groups is 1. The summed E-state index contributed by atoms with van der Waals surface area (Å²) >= 11 is 0. The summed E-state index contributed by atoms with van der Waals surface area (Å²) in [4.78, 5) is 16.0. The van der Waals surface area contributed by atoms with Crippen LogP contribution < -0.4 is 16.0 Å². The van der Waals surface area contributed by atoms with Gasteiger partial charge in [0.2, 0.25) is 0 Å². The molecule has 0 radical (unpaired) electrons. The molecule has 0 saturated heterocycles. The number of para-hydroxylation sites is 1. The van der Waals surface area contributed by atoms with Crippen LogP contribution in [0.4, 0.5) is 0 Å². The van der Waals surface area contributed by atoms with Crippen LogP contribution in [0, 0.1) is 6.92 Å². The van der Waals surface area contributed by atoms with E-state index < -0.39 is 0 Å². The number of nitrogens with zero attached hydrogens (tertiary/aromatic N) is 1. The molecular weight excluding hydrogens is 467 g/mol. The standard InChI is InChI=1S/C21H24N4O2.HI/c1-14-17-9-4-5-10-18(17)27-19(14)13-25-21(23-3)24-12-15-7-6-8-16(11-15)20(26)22-2;/h4-11H,12-13H2,1-3H3,(H,22,26)(H2,23,24,25);1H. The SMILES string of the molecule is CN=C(NCc1cccc(C(=O)NC)c1)NCc1oc2ccccc2c1C.I. The van der Waals surface area contributed by atoms with E-state index in [0.29, 0.717) is 24.6 Å². The predicted octanol–water partition coefficient (Wildman–Crippen LogP) is 3.58. The van der Waals surface area contributed by atoms with E-state index >= 15 is 0 Å². The van der Waals surface area contributed by atoms with Crippen LogP contribution in [0.1, 0.15) is 27.2 Å². The number of furan rings is 1. The fourth-order valence-electron chi connectivity index (χ4n) is 2.93. The summed E-state index contributed by atoms with van der Waals surface area (Å²) in [6.07, 6.45) is 0. The Labute approximate surface area is 181 Å². The van der Waals surface area contributed by atoms with Gasteiger partial charge >= 0.3 is 0 Å². The van der Waals surface area contributed by atoms with Gasteiger partial charge in [0.15, 0.2) is 5.96 Å². The van der Waals surface area contributed by atoms with Gasteiger partial charge < -0.3 is 20.4 Å². The van der Waals surface area contributed by atoms with E-state index in [2.05, 4.69) is 33.9 Å². The molecule has 1 aromatic heterocycles. The maximum absolute atomic E-state index is 11.7. The van der Waals surface area contributed by atoms with Gasteiger partial charge in [-0.15, -0.1) is 24.0 Å². The molecule has 0 spiro atoms. The maximum atomic E-state index is 11.7. The Morgan fingerprint density at radius 2 is 1.82 bits per heavy atom. The number of aryl methyl sites for hydroxylation is 1. The van der Waals surface area contributed by atoms with Crippen LogP contribution in [0.15, 0.2) is 57.9 Å². The van der Waals surface area contributed by atoms with Crippen molar-refractivity contribution in [3.8, 4) is 0 Å². The first kappa shape index (κ1) is 21.7. The highest BCUT2D eigenvalue weighted by Gasteiger charge is 2.10. The molecule has 0 bridgehead atoms. The largest absolute Gasteiger partial charge is 0.459 e. The number of carbonyl (C=O) groups excluding carboxylic acids is 1. The van der Waals surface area contributed by atoms with Crippen molar-refractivity contribution in [1.82, 2.24) is 16.0 Å². The van der Waals surface area contributed by atoms with Crippen molar-refractivity contribution in [2.45, 2.75) is 20.0 Å². The Bertz CT molecular complexity index is 981. The zero-order valence-corrected chi connectivity index (χ0v) is 18.5. The van der Waals surface area contributed by atoms with Gasteiger partial charge in [-0.25, -0.2) is 0 Å². The second-order valence-corrected chi connectivity index (χ2v) is 6.21. The van der Waals surface area contributed by atoms with Crippen LogP contribution in [0.5, 0.6) is 0 Å². The Balaban J connectivity index is 0.00000280. The lowest BCUT2D eigenvalue weighted by molar-refractivity contribution is 0.0963. The lowest BCUT2D eigenvalue weighted by Crippen LogP contribution is -2.36. The van der Waals surface area contributed by atoms with Gasteiger partial charge in [-0.3, -0.25) is 9.79 Å². The van der Waals surface area contributed by atoms with Gasteiger partial charge in [0.1, 0.15) is 11.3 Å². The monoisotopic (exact) mass is 492 g/mol. The lowest BCUT2D eigenvalue weighted by atomic mass is 10.1. The first-order chi connectivity index (χ1) is 13.1. The van der Waals surface area contributed by atoms with Gasteiger partial charge in [-0.2, -0.15) is 0 Å². The van der Waals surface area contributed by atoms with E-state index in [1.54, 1.807) is 20.2 Å². The molecule has 0 aliphatic carbocycles. The molecule has 1 amide bonds. The maximum Gasteiger partial charge on any atom is 0.251 e. The molecule has 0 unspecified atom stereocenters. The highest BCUT2D eigenvalue weighted by Crippen LogP contribution is 2.24. The Morgan fingerprint density at radius 3 is 2.54 bits per heavy atom. The molecule has 0 aliphatic rings. The topological polar surface area (TPSA) is 78.7 Å². The fraction of sp³-hybridized carbons (Fsp3) is 0.238. The van der Waals surface area contributed by atoms with Gasteiger partial charge in [0.25, 0.3) is 5.91 Å². The van der Waals surface area contributed by atoms with Crippen molar-refractivity contribution < 1.29 is 9.21 Å². The summed E-state index contributed by atoms with van der Waals surface area (Å²) in [7, 11) is 3.35. The summed E-state index contributed by atoms with van der Waals surface area (Å²) in [6.45, 7) is 3.16. The average Bonchev–Trinajstić information content (AvgIpc) is 3.03. The summed E-state index contributed by atoms with van der Waals surface area (Å²) in [5, 5.41) is 10.3. The third-order valence-electron chi connectivity index (χ3n) is 4.46. The number of carbonyl (C=O) groups is 1. The highest BCUT2D eigenvalue weighted by molar-refractivity contribution is 14.0. The second kappa shape index (κ2) is 10.1. The van der Waals surface area contributed by atoms with Crippen molar-refractivity contribution in [2.75, 3.05) is 14.1 Å². The van der Waals surface area contributed by atoms with Crippen LogP contribution in [0.25, 0.3) is 11.0 Å². The molecule has 0 saturated carbocycles. The number of benzene rings is 2. The molecular formula is C21H25IN4O2. The zero-order chi connectivity index (χ0) is 19.2. The van der Waals surface area contributed by atoms with E-state index in [1.165, 1.54) is 0 Å². The molecule has 0 atom stereocenters. The van der Waals surface area contributed by atoms with Crippen molar-refractivity contribution in [3.63, 3.8) is 0 Å². The molecule has 6 nitrogen and oxygen atoms in total. The van der Waals surface area contributed by atoms with Crippen molar-refractivity contribution in [1.29, 1.82) is 0 Å². The molecule has 3 aromatic rings. The number of nitrogens with one attached hydrogen (secondary N) is 3. The van der Waals surface area contributed by atoms with Gasteiger partial charge in [0.05, 0.1) is 6.54 Å². The smallest absolute Gasteiger partial charge is 0.251 e. The zero-order valence-electron chi connectivity index (χ0n) is 16.2. The molecule has 148 valence electrons. The lowest BCUT2D eigenvalue weighted by Gasteiger charge is -2.12. The second-order valence-electron chi connectivity index (χ2n) is 6.21. The number of fused-ring (bicyclic) bond motifs is 1. The summed E-state index contributed by atoms with van der Waals surface area (Å²) in [5.41, 5.74) is 3.66. The van der Waals surface area contributed by atoms with E-state index in [4.69, 9.17) is 4.42 Å². The van der Waals surface area contributed by atoms with Gasteiger partial charge in [-0.1, -0.05) is 30.3 Å². The molecule has 3 N–H and O–H groups in total. The van der Waals surface area contributed by atoms with E-state index in [0.717, 1.165) is 27.9 Å². The molecule has 0 fully saturated rings. The first-order valence-corrected chi connectivity index (χ1v) is 8.85. The van der Waals surface area contributed by atoms with Gasteiger partial charge in [0, 0.05) is 37.2 Å². The Hall–Kier alpha value is -2.55. The number of guanidine groups is 1. The fourth-order valence-corrected chi connectivity index (χ4v) is 2.93. The van der Waals surface area contributed by atoms with E-state index in [9.17, 15) is 4.79 Å². The Morgan fingerprint density at radius 1 is 1.07 bits per heavy atom. The number of hydrogen-bond donors (Lipinski definition) is 3. The predicted molar refractivity (Wildman–Crippen MR) is 123 cm³/mol. The van der Waals surface area contributed by atoms with Crippen molar-refractivity contribution >= 4 is 46.8 Å². The third kappa shape index (κ3) is 5.03. The molecule has 3 rings (SSSR count). The van der Waals surface area contributed by atoms with Crippen LogP contribution in [-0.4, -0.2) is 26.0 Å². The van der Waals surface area contributed by atoms with E-state index in [1.807, 2.05) is 36.4 Å². The first-order valence-electron chi connectivity index (χ1n) is 8.85. The number of amides is 1. The minimum atomic E-state index is -0.0975. The molecule has 1 heterocycles. The van der Waals surface area contributed by atoms with E-state index in [-0.39, 0.29) is 29.9 Å². The number of rotatable bonds is 5. The minimum absolute atomic E-state index is 0. The summed E-state index contributed by atoms with van der Waals surface area (Å²) < 4.78 is 5.92. The normalized spacial score (nSPS) is 11.0. The summed E-state index contributed by atoms with van der Waals surface area (Å²) in [5.74, 6) is 1.46. The van der Waals surface area contributed by atoms with Crippen LogP contribution >= 0.6 is 24.0 Å². The average molecular weight is 492 g/mol. The molecule has 0 aliphatic heterocycles. The quantitative estimate of drug-likeness (QED) is 0.289. The highest BCUT2D eigenvalue weighted by atomic mass is 127. The molecule has 7 heteroatoms. The molecule has 28 heavy (non-hydrogen) atoms. The minimum Gasteiger partial charge on any atom is -0.459 e. The third-order valence-corrected chi connectivity index (χ3v) is 4.46. The summed E-state index contributed by atoms with van der Waals surface area (Å²) in [6, 6.07) is 15.5. The van der Waals surface area contributed by atoms with Crippen molar-refractivity contribution in [3.05, 3.63) is 71.0 Å². The van der Waals surface area contributed by atoms with Crippen molar-refractivity contribution in [2.24, 2.45) is 4.99 Å².